The molecule has 0 spiro atoms. The number of esters is 1. The Balaban J connectivity index is 2.48. The molecule has 1 unspecified atom stereocenters. The first-order valence-electron chi connectivity index (χ1n) is 8.82. The largest absolute Gasteiger partial charge is 0.491 e. The van der Waals surface area contributed by atoms with Gasteiger partial charge in [-0.2, -0.15) is 5.26 Å². The van der Waals surface area contributed by atoms with Crippen LogP contribution in [0.1, 0.15) is 49.4 Å². The third-order valence-corrected chi connectivity index (χ3v) is 4.24. The average molecular weight is 367 g/mol. The lowest BCUT2D eigenvalue weighted by Crippen LogP contribution is -2.24. The van der Waals surface area contributed by atoms with Gasteiger partial charge in [-0.25, -0.2) is 4.79 Å². The molecular weight excluding hydrogens is 342 g/mol. The number of methoxy groups -OCH3 is 1. The third kappa shape index (κ3) is 4.50. The van der Waals surface area contributed by atoms with E-state index in [-0.39, 0.29) is 5.92 Å². The molecule has 0 radical (unpaired) electrons. The minimum atomic E-state index is -0.802. The number of nitrogen functional groups attached to an aromatic ring is 1. The molecule has 0 bridgehead atoms. The maximum absolute atomic E-state index is 12.4. The Labute approximate surface area is 159 Å². The number of hydrogen-bond acceptors (Lipinski definition) is 6. The summed E-state index contributed by atoms with van der Waals surface area (Å²) in [5, 5.41) is 12.1. The summed E-state index contributed by atoms with van der Waals surface area (Å²) in [4.78, 5) is 12.4. The fraction of sp³-hybridized carbons (Fsp3) is 0.333. The van der Waals surface area contributed by atoms with Gasteiger partial charge < -0.3 is 20.5 Å². The Hall–Kier alpha value is -3.20. The summed E-state index contributed by atoms with van der Waals surface area (Å²) in [6.07, 6.45) is 0. The molecule has 0 fully saturated rings. The average Bonchev–Trinajstić information content (AvgIpc) is 2.67. The molecule has 6 heteroatoms. The van der Waals surface area contributed by atoms with Gasteiger partial charge in [0.15, 0.2) is 6.04 Å². The number of hydrogen-bond donors (Lipinski definition) is 2. The lowest BCUT2D eigenvalue weighted by atomic mass is 9.95. The molecule has 0 saturated heterocycles. The molecule has 3 N–H and O–H groups in total. The van der Waals surface area contributed by atoms with Crippen molar-refractivity contribution in [2.24, 2.45) is 0 Å². The quantitative estimate of drug-likeness (QED) is 0.567. The number of anilines is 2. The molecule has 0 amide bonds. The summed E-state index contributed by atoms with van der Waals surface area (Å²) >= 11 is 0. The smallest absolute Gasteiger partial charge is 0.333 e. The molecule has 0 heterocycles. The van der Waals surface area contributed by atoms with E-state index < -0.39 is 12.0 Å². The van der Waals surface area contributed by atoms with Crippen LogP contribution in [-0.2, 0) is 9.53 Å². The monoisotopic (exact) mass is 367 g/mol. The van der Waals surface area contributed by atoms with E-state index in [2.05, 4.69) is 25.2 Å². The van der Waals surface area contributed by atoms with E-state index in [1.54, 1.807) is 24.3 Å². The third-order valence-electron chi connectivity index (χ3n) is 4.24. The van der Waals surface area contributed by atoms with Gasteiger partial charge in [0.25, 0.3) is 0 Å². The number of ether oxygens (including phenoxy) is 2. The lowest BCUT2D eigenvalue weighted by molar-refractivity contribution is -0.141. The Kier molecular flexibility index (Phi) is 6.67. The van der Waals surface area contributed by atoms with Gasteiger partial charge in [0, 0.05) is 11.3 Å². The predicted octanol–water partition coefficient (Wildman–Crippen LogP) is 3.99. The van der Waals surface area contributed by atoms with E-state index in [0.29, 0.717) is 34.9 Å². The maximum atomic E-state index is 12.4. The topological polar surface area (TPSA) is 97.4 Å². The van der Waals surface area contributed by atoms with Crippen LogP contribution in [0.3, 0.4) is 0 Å². The fourth-order valence-electron chi connectivity index (χ4n) is 2.83. The second-order valence-corrected chi connectivity index (χ2v) is 6.36. The highest BCUT2D eigenvalue weighted by atomic mass is 16.5. The van der Waals surface area contributed by atoms with E-state index in [0.717, 1.165) is 5.56 Å². The summed E-state index contributed by atoms with van der Waals surface area (Å²) in [6, 6.07) is 11.8. The minimum absolute atomic E-state index is 0.228. The van der Waals surface area contributed by atoms with Crippen LogP contribution in [0.5, 0.6) is 5.75 Å². The van der Waals surface area contributed by atoms with Crippen molar-refractivity contribution in [1.29, 1.82) is 5.26 Å². The zero-order chi connectivity index (χ0) is 20.0. The van der Waals surface area contributed by atoms with Crippen LogP contribution in [0.4, 0.5) is 11.4 Å². The van der Waals surface area contributed by atoms with Crippen molar-refractivity contribution in [3.8, 4) is 11.8 Å². The molecule has 2 aromatic carbocycles. The van der Waals surface area contributed by atoms with Crippen molar-refractivity contribution in [3.63, 3.8) is 0 Å². The number of nitrogens with one attached hydrogen (secondary N) is 1. The molecule has 27 heavy (non-hydrogen) atoms. The zero-order valence-corrected chi connectivity index (χ0v) is 16.1. The van der Waals surface area contributed by atoms with Crippen LogP contribution < -0.4 is 15.8 Å². The summed E-state index contributed by atoms with van der Waals surface area (Å²) in [7, 11) is 1.33. The van der Waals surface area contributed by atoms with Crippen LogP contribution >= 0.6 is 0 Å². The number of nitriles is 1. The Morgan fingerprint density at radius 3 is 2.33 bits per heavy atom. The van der Waals surface area contributed by atoms with Crippen LogP contribution in [0.2, 0.25) is 0 Å². The Morgan fingerprint density at radius 2 is 1.81 bits per heavy atom. The summed E-state index contributed by atoms with van der Waals surface area (Å²) in [6.45, 7) is 6.48. The molecule has 2 rings (SSSR count). The van der Waals surface area contributed by atoms with Crippen molar-refractivity contribution in [2.75, 3.05) is 24.8 Å². The summed E-state index contributed by atoms with van der Waals surface area (Å²) in [5.41, 5.74) is 9.58. The van der Waals surface area contributed by atoms with Crippen molar-refractivity contribution in [3.05, 3.63) is 53.1 Å². The molecular formula is C21H25N3O3. The van der Waals surface area contributed by atoms with Crippen molar-refractivity contribution >= 4 is 17.3 Å². The molecule has 0 aromatic heterocycles. The molecule has 0 aliphatic carbocycles. The van der Waals surface area contributed by atoms with Gasteiger partial charge in [0.1, 0.15) is 5.75 Å². The van der Waals surface area contributed by atoms with Crippen LogP contribution in [0.15, 0.2) is 36.4 Å². The Bertz CT molecular complexity index is 839. The summed E-state index contributed by atoms with van der Waals surface area (Å²) in [5.74, 6) is 0.359. The fourth-order valence-corrected chi connectivity index (χ4v) is 2.83. The van der Waals surface area contributed by atoms with Crippen molar-refractivity contribution in [2.45, 2.75) is 32.7 Å². The van der Waals surface area contributed by atoms with Crippen LogP contribution in [0.25, 0.3) is 0 Å². The first-order chi connectivity index (χ1) is 12.9. The first kappa shape index (κ1) is 20.1. The van der Waals surface area contributed by atoms with Gasteiger partial charge in [0.2, 0.25) is 0 Å². The van der Waals surface area contributed by atoms with Gasteiger partial charge in [0.05, 0.1) is 31.0 Å². The highest BCUT2D eigenvalue weighted by Gasteiger charge is 2.26. The number of carbonyl (C=O) groups is 1. The van der Waals surface area contributed by atoms with Gasteiger partial charge in [-0.15, -0.1) is 0 Å². The first-order valence-corrected chi connectivity index (χ1v) is 8.82. The SMILES string of the molecule is CCOc1c(C(C)C)ccc(C(Nc2ccc(C#N)cc2)C(=O)OC)c1N. The number of nitrogens with zero attached hydrogens (tertiary/aromatic N) is 1. The standard InChI is InChI=1S/C21H25N3O3/c1-5-27-20-16(13(2)3)10-11-17(18(20)23)19(21(25)26-4)24-15-8-6-14(12-22)7-9-15/h6-11,13,19,24H,5,23H2,1-4H3. The maximum Gasteiger partial charge on any atom is 0.333 e. The number of carbonyl (C=O) groups excluding carboxylic acids is 1. The van der Waals surface area contributed by atoms with Crippen LogP contribution in [0, 0.1) is 11.3 Å². The Morgan fingerprint density at radius 1 is 1.19 bits per heavy atom. The summed E-state index contributed by atoms with van der Waals surface area (Å²) < 4.78 is 10.7. The van der Waals surface area contributed by atoms with E-state index in [9.17, 15) is 4.79 Å². The highest BCUT2D eigenvalue weighted by molar-refractivity contribution is 5.84. The number of benzene rings is 2. The molecule has 142 valence electrons. The van der Waals surface area contributed by atoms with Crippen LogP contribution in [-0.4, -0.2) is 19.7 Å². The second kappa shape index (κ2) is 8.95. The molecule has 0 aliphatic rings. The van der Waals surface area contributed by atoms with E-state index in [1.807, 2.05) is 19.1 Å². The zero-order valence-electron chi connectivity index (χ0n) is 16.1. The molecule has 0 aliphatic heterocycles. The highest BCUT2D eigenvalue weighted by Crippen LogP contribution is 2.38. The lowest BCUT2D eigenvalue weighted by Gasteiger charge is -2.23. The number of nitrogens with two attached hydrogens (primary N) is 1. The van der Waals surface area contributed by atoms with Crippen molar-refractivity contribution in [1.82, 2.24) is 0 Å². The second-order valence-electron chi connectivity index (χ2n) is 6.36. The molecule has 1 atom stereocenters. The molecule has 6 nitrogen and oxygen atoms in total. The normalized spacial score (nSPS) is 11.6. The van der Waals surface area contributed by atoms with Crippen molar-refractivity contribution < 1.29 is 14.3 Å². The molecule has 2 aromatic rings. The predicted molar refractivity (Wildman–Crippen MR) is 106 cm³/mol. The van der Waals surface area contributed by atoms with Gasteiger partial charge in [-0.05, 0) is 42.7 Å². The van der Waals surface area contributed by atoms with Gasteiger partial charge in [-0.1, -0.05) is 26.0 Å². The van der Waals surface area contributed by atoms with Gasteiger partial charge in [-0.3, -0.25) is 0 Å². The molecule has 0 saturated carbocycles. The minimum Gasteiger partial charge on any atom is -0.491 e. The number of rotatable bonds is 7. The van der Waals surface area contributed by atoms with E-state index in [4.69, 9.17) is 20.5 Å². The van der Waals surface area contributed by atoms with Gasteiger partial charge >= 0.3 is 5.97 Å². The van der Waals surface area contributed by atoms with E-state index >= 15 is 0 Å². The van der Waals surface area contributed by atoms with E-state index in [1.165, 1.54) is 7.11 Å².